The zero-order valence-corrected chi connectivity index (χ0v) is 14.8. The highest BCUT2D eigenvalue weighted by Gasteiger charge is 2.37. The van der Waals surface area contributed by atoms with Crippen molar-refractivity contribution in [1.29, 1.82) is 0 Å². The molecule has 1 heterocycles. The summed E-state index contributed by atoms with van der Waals surface area (Å²) in [6.45, 7) is 0. The van der Waals surface area contributed by atoms with Gasteiger partial charge >= 0.3 is 12.4 Å². The van der Waals surface area contributed by atoms with Crippen molar-refractivity contribution in [3.8, 4) is 0 Å². The maximum Gasteiger partial charge on any atom is 0.416 e. The van der Waals surface area contributed by atoms with Crippen LogP contribution in [0.4, 0.5) is 26.3 Å². The summed E-state index contributed by atoms with van der Waals surface area (Å²) in [6.07, 6.45) is -2.95. The van der Waals surface area contributed by atoms with Crippen molar-refractivity contribution in [3.63, 3.8) is 0 Å². The first-order valence-corrected chi connectivity index (χ1v) is 8.80. The summed E-state index contributed by atoms with van der Waals surface area (Å²) < 4.78 is 83.3. The third kappa shape index (κ3) is 3.86. The number of aromatic nitrogens is 2. The second kappa shape index (κ2) is 6.89. The average molecular weight is 412 g/mol. The Balaban J connectivity index is 1.75. The smallest absolute Gasteiger partial charge is 0.244 e. The number of rotatable bonds is 2. The Bertz CT molecular complexity index is 1010. The SMILES string of the molecule is FC(F)(F)C1=CC(C2C=C(c3cccc(C(F)(F)F)c3)c3nonc3C2)CC=C1. The molecule has 0 aliphatic heterocycles. The first-order chi connectivity index (χ1) is 13.6. The van der Waals surface area contributed by atoms with Crippen molar-refractivity contribution in [2.75, 3.05) is 0 Å². The van der Waals surface area contributed by atoms with Crippen LogP contribution in [0, 0.1) is 11.8 Å². The maximum atomic E-state index is 13.1. The van der Waals surface area contributed by atoms with E-state index in [2.05, 4.69) is 10.3 Å². The molecule has 0 saturated carbocycles. The van der Waals surface area contributed by atoms with E-state index in [9.17, 15) is 26.3 Å². The largest absolute Gasteiger partial charge is 0.416 e. The molecule has 0 spiro atoms. The summed E-state index contributed by atoms with van der Waals surface area (Å²) in [5, 5.41) is 7.60. The van der Waals surface area contributed by atoms with Gasteiger partial charge in [-0.2, -0.15) is 26.3 Å². The number of hydrogen-bond donors (Lipinski definition) is 0. The van der Waals surface area contributed by atoms with Crippen LogP contribution in [0.2, 0.25) is 0 Å². The van der Waals surface area contributed by atoms with E-state index < -0.39 is 29.4 Å². The lowest BCUT2D eigenvalue weighted by Gasteiger charge is -2.27. The molecule has 1 aromatic carbocycles. The molecule has 0 saturated heterocycles. The maximum absolute atomic E-state index is 13.1. The molecule has 0 fully saturated rings. The fourth-order valence-electron chi connectivity index (χ4n) is 3.68. The predicted molar refractivity (Wildman–Crippen MR) is 91.4 cm³/mol. The van der Waals surface area contributed by atoms with Gasteiger partial charge in [0.25, 0.3) is 0 Å². The Morgan fingerprint density at radius 2 is 1.72 bits per heavy atom. The molecule has 2 aliphatic rings. The van der Waals surface area contributed by atoms with E-state index in [0.717, 1.165) is 18.2 Å². The molecule has 0 amide bonds. The lowest BCUT2D eigenvalue weighted by Crippen LogP contribution is -2.22. The Hall–Kier alpha value is -2.84. The quantitative estimate of drug-likeness (QED) is 0.589. The molecule has 2 aromatic rings. The summed E-state index contributed by atoms with van der Waals surface area (Å²) in [5.41, 5.74) is -0.191. The molecule has 152 valence electrons. The summed E-state index contributed by atoms with van der Waals surface area (Å²) in [5.74, 6) is -0.858. The van der Waals surface area contributed by atoms with Crippen LogP contribution in [-0.2, 0) is 12.6 Å². The van der Waals surface area contributed by atoms with Crippen molar-refractivity contribution < 1.29 is 31.0 Å². The molecule has 0 radical (unpaired) electrons. The van der Waals surface area contributed by atoms with Crippen molar-refractivity contribution in [1.82, 2.24) is 10.3 Å². The number of fused-ring (bicyclic) bond motifs is 1. The summed E-state index contributed by atoms with van der Waals surface area (Å²) in [6, 6.07) is 4.72. The van der Waals surface area contributed by atoms with Gasteiger partial charge in [0, 0.05) is 12.0 Å². The van der Waals surface area contributed by atoms with Crippen molar-refractivity contribution in [2.24, 2.45) is 11.8 Å². The molecule has 1 aromatic heterocycles. The molecule has 4 rings (SSSR count). The minimum Gasteiger partial charge on any atom is -0.244 e. The Morgan fingerprint density at radius 1 is 0.931 bits per heavy atom. The van der Waals surface area contributed by atoms with Crippen LogP contribution in [0.3, 0.4) is 0 Å². The molecule has 2 aliphatic carbocycles. The highest BCUT2D eigenvalue weighted by molar-refractivity contribution is 5.80. The van der Waals surface area contributed by atoms with Crippen molar-refractivity contribution >= 4 is 5.57 Å². The minimum absolute atomic E-state index is 0.257. The first kappa shape index (κ1) is 19.5. The standard InChI is InChI=1S/C20H14F6N2O/c21-19(22,23)14-5-1-3-11(7-14)13-9-16(18-17(10-13)27-29-28-18)12-4-2-6-15(8-12)20(24,25)26/h1-2,4-9,11,13H,3,10H2. The van der Waals surface area contributed by atoms with Crippen LogP contribution in [0.15, 0.2) is 58.8 Å². The third-order valence-electron chi connectivity index (χ3n) is 5.10. The molecule has 0 bridgehead atoms. The second-order valence-corrected chi connectivity index (χ2v) is 7.01. The van der Waals surface area contributed by atoms with Gasteiger partial charge in [0.1, 0.15) is 11.4 Å². The second-order valence-electron chi connectivity index (χ2n) is 7.01. The Morgan fingerprint density at radius 3 is 2.45 bits per heavy atom. The van der Waals surface area contributed by atoms with Gasteiger partial charge in [0.15, 0.2) is 0 Å². The van der Waals surface area contributed by atoms with Gasteiger partial charge in [0.2, 0.25) is 0 Å². The van der Waals surface area contributed by atoms with Gasteiger partial charge in [-0.25, -0.2) is 4.63 Å². The molecule has 0 N–H and O–H groups in total. The monoisotopic (exact) mass is 412 g/mol. The zero-order chi connectivity index (χ0) is 20.8. The number of allylic oxidation sites excluding steroid dienone is 5. The fraction of sp³-hybridized carbons (Fsp3) is 0.300. The number of benzene rings is 1. The van der Waals surface area contributed by atoms with Gasteiger partial charge in [-0.3, -0.25) is 0 Å². The first-order valence-electron chi connectivity index (χ1n) is 8.80. The molecular weight excluding hydrogens is 398 g/mol. The van der Waals surface area contributed by atoms with Crippen LogP contribution in [0.1, 0.15) is 28.9 Å². The number of halogens is 6. The van der Waals surface area contributed by atoms with Gasteiger partial charge in [-0.1, -0.05) is 41.6 Å². The van der Waals surface area contributed by atoms with Crippen LogP contribution in [-0.4, -0.2) is 16.5 Å². The normalized spacial score (nSPS) is 22.1. The van der Waals surface area contributed by atoms with E-state index in [0.29, 0.717) is 29.8 Å². The van der Waals surface area contributed by atoms with Gasteiger partial charge in [0.05, 0.1) is 11.1 Å². The molecule has 3 nitrogen and oxygen atoms in total. The molecule has 2 atom stereocenters. The minimum atomic E-state index is -4.52. The van der Waals surface area contributed by atoms with Gasteiger partial charge in [-0.05, 0) is 41.1 Å². The molecule has 29 heavy (non-hydrogen) atoms. The van der Waals surface area contributed by atoms with E-state index >= 15 is 0 Å². The fourth-order valence-corrected chi connectivity index (χ4v) is 3.68. The van der Waals surface area contributed by atoms with Gasteiger partial charge in [-0.15, -0.1) is 0 Å². The van der Waals surface area contributed by atoms with Crippen LogP contribution < -0.4 is 0 Å². The van der Waals surface area contributed by atoms with Crippen LogP contribution in [0.5, 0.6) is 0 Å². The van der Waals surface area contributed by atoms with E-state index in [1.165, 1.54) is 24.3 Å². The zero-order valence-electron chi connectivity index (χ0n) is 14.8. The van der Waals surface area contributed by atoms with Crippen LogP contribution >= 0.6 is 0 Å². The highest BCUT2D eigenvalue weighted by Crippen LogP contribution is 2.40. The Kier molecular flexibility index (Phi) is 4.63. The molecular formula is C20H14F6N2O. The molecule has 2 unspecified atom stereocenters. The van der Waals surface area contributed by atoms with E-state index in [1.54, 1.807) is 6.08 Å². The summed E-state index contributed by atoms with van der Waals surface area (Å²) >= 11 is 0. The predicted octanol–water partition coefficient (Wildman–Crippen LogP) is 5.76. The highest BCUT2D eigenvalue weighted by atomic mass is 19.4. The van der Waals surface area contributed by atoms with Gasteiger partial charge < -0.3 is 0 Å². The summed E-state index contributed by atoms with van der Waals surface area (Å²) in [7, 11) is 0. The topological polar surface area (TPSA) is 38.9 Å². The van der Waals surface area contributed by atoms with Crippen molar-refractivity contribution in [2.45, 2.75) is 25.2 Å². The number of alkyl halides is 6. The van der Waals surface area contributed by atoms with Crippen molar-refractivity contribution in [3.05, 3.63) is 76.7 Å². The lowest BCUT2D eigenvalue weighted by atomic mass is 9.77. The number of nitrogens with zero attached hydrogens (tertiary/aromatic N) is 2. The van der Waals surface area contributed by atoms with Crippen LogP contribution in [0.25, 0.3) is 5.57 Å². The van der Waals surface area contributed by atoms with E-state index in [4.69, 9.17) is 4.63 Å². The Labute approximate surface area is 161 Å². The lowest BCUT2D eigenvalue weighted by molar-refractivity contribution is -0.137. The average Bonchev–Trinajstić information content (AvgIpc) is 3.15. The van der Waals surface area contributed by atoms with E-state index in [-0.39, 0.29) is 11.5 Å². The number of hydrogen-bond acceptors (Lipinski definition) is 3. The van der Waals surface area contributed by atoms with E-state index in [1.807, 2.05) is 0 Å². The third-order valence-corrected chi connectivity index (χ3v) is 5.10. The molecule has 9 heteroatoms. The summed E-state index contributed by atoms with van der Waals surface area (Å²) in [4.78, 5) is 0.